The third-order valence-electron chi connectivity index (χ3n) is 3.88. The predicted octanol–water partition coefficient (Wildman–Crippen LogP) is 3.19. The largest absolute Gasteiger partial charge is 0.362 e. The zero-order valence-electron chi connectivity index (χ0n) is 11.6. The van der Waals surface area contributed by atoms with Crippen LogP contribution in [0.15, 0.2) is 24.3 Å². The van der Waals surface area contributed by atoms with E-state index in [1.807, 2.05) is 19.9 Å². The number of carbonyl (C=O) groups is 1. The Morgan fingerprint density at radius 2 is 2.15 bits per heavy atom. The van der Waals surface area contributed by atoms with Crippen molar-refractivity contribution < 1.29 is 9.18 Å². The molecule has 3 rings (SSSR count). The van der Waals surface area contributed by atoms with E-state index >= 15 is 0 Å². The molecule has 0 aliphatic heterocycles. The molecule has 1 heterocycles. The van der Waals surface area contributed by atoms with Gasteiger partial charge in [-0.05, 0) is 56.0 Å². The Balaban J connectivity index is 1.80. The molecule has 4 heteroatoms. The molecule has 1 aliphatic rings. The minimum atomic E-state index is -0.215. The number of halogens is 1. The van der Waals surface area contributed by atoms with Gasteiger partial charge in [-0.25, -0.2) is 4.39 Å². The van der Waals surface area contributed by atoms with Crippen molar-refractivity contribution in [3.63, 3.8) is 0 Å². The lowest BCUT2D eigenvalue weighted by molar-refractivity contribution is 0.0936. The highest BCUT2D eigenvalue weighted by molar-refractivity contribution is 5.95. The van der Waals surface area contributed by atoms with Gasteiger partial charge in [0.15, 0.2) is 0 Å². The summed E-state index contributed by atoms with van der Waals surface area (Å²) in [7, 11) is 0. The fourth-order valence-corrected chi connectivity index (χ4v) is 2.93. The van der Waals surface area contributed by atoms with Crippen LogP contribution in [0.5, 0.6) is 0 Å². The average Bonchev–Trinajstić information content (AvgIpc) is 2.93. The Kier molecular flexibility index (Phi) is 3.08. The van der Waals surface area contributed by atoms with E-state index in [1.54, 1.807) is 12.1 Å². The predicted molar refractivity (Wildman–Crippen MR) is 75.2 cm³/mol. The zero-order valence-corrected chi connectivity index (χ0v) is 11.6. The summed E-state index contributed by atoms with van der Waals surface area (Å²) in [5, 5.41) is 3.04. The molecule has 0 radical (unpaired) electrons. The summed E-state index contributed by atoms with van der Waals surface area (Å²) in [6.45, 7) is 3.82. The molecule has 104 valence electrons. The van der Waals surface area contributed by atoms with Crippen LogP contribution in [0.1, 0.15) is 45.3 Å². The molecule has 1 aromatic heterocycles. The van der Waals surface area contributed by atoms with Gasteiger partial charge < -0.3 is 10.3 Å². The molecule has 1 aliphatic carbocycles. The van der Waals surface area contributed by atoms with Gasteiger partial charge in [-0.15, -0.1) is 0 Å². The van der Waals surface area contributed by atoms with E-state index in [-0.39, 0.29) is 17.8 Å². The first-order valence-corrected chi connectivity index (χ1v) is 6.80. The first-order chi connectivity index (χ1) is 9.54. The number of H-pyrrole nitrogens is 1. The molecule has 1 amide bonds. The van der Waals surface area contributed by atoms with E-state index in [0.717, 1.165) is 35.4 Å². The van der Waals surface area contributed by atoms with Gasteiger partial charge in [-0.2, -0.15) is 0 Å². The molecule has 20 heavy (non-hydrogen) atoms. The lowest BCUT2D eigenvalue weighted by Crippen LogP contribution is -2.27. The summed E-state index contributed by atoms with van der Waals surface area (Å²) in [4.78, 5) is 15.4. The Bertz CT molecular complexity index is 675. The normalized spacial score (nSPS) is 17.1. The van der Waals surface area contributed by atoms with E-state index in [0.29, 0.717) is 5.56 Å². The lowest BCUT2D eigenvalue weighted by atomic mass is 10.1. The number of hydrogen-bond donors (Lipinski definition) is 2. The Morgan fingerprint density at radius 1 is 1.35 bits per heavy atom. The number of aromatic amines is 1. The van der Waals surface area contributed by atoms with Crippen LogP contribution in [0.2, 0.25) is 0 Å². The van der Waals surface area contributed by atoms with Crippen LogP contribution in [0.3, 0.4) is 0 Å². The highest BCUT2D eigenvalue weighted by atomic mass is 19.1. The average molecular weight is 272 g/mol. The van der Waals surface area contributed by atoms with Crippen molar-refractivity contribution in [2.45, 2.75) is 32.7 Å². The van der Waals surface area contributed by atoms with Crippen molar-refractivity contribution in [1.29, 1.82) is 0 Å². The minimum absolute atomic E-state index is 0.0206. The van der Waals surface area contributed by atoms with E-state index < -0.39 is 0 Å². The molecular weight excluding hydrogens is 255 g/mol. The Hall–Kier alpha value is -2.10. The van der Waals surface area contributed by atoms with Gasteiger partial charge in [0.2, 0.25) is 0 Å². The molecule has 1 atom stereocenters. The Labute approximate surface area is 117 Å². The SMILES string of the molecule is Cc1cc(C(=O)N[C@@H]2CCc3cc(F)ccc32)c(C)[nH]1. The van der Waals surface area contributed by atoms with Crippen LogP contribution in [-0.4, -0.2) is 10.9 Å². The second kappa shape index (κ2) is 4.78. The maximum absolute atomic E-state index is 13.2. The van der Waals surface area contributed by atoms with Crippen molar-refractivity contribution in [2.75, 3.05) is 0 Å². The third kappa shape index (κ3) is 2.22. The third-order valence-corrected chi connectivity index (χ3v) is 3.88. The van der Waals surface area contributed by atoms with Crippen LogP contribution in [0.25, 0.3) is 0 Å². The summed E-state index contributed by atoms with van der Waals surface area (Å²) < 4.78 is 13.2. The molecular formula is C16H17FN2O. The molecule has 0 unspecified atom stereocenters. The van der Waals surface area contributed by atoms with Gasteiger partial charge in [0.25, 0.3) is 5.91 Å². The van der Waals surface area contributed by atoms with Crippen LogP contribution in [0, 0.1) is 19.7 Å². The summed E-state index contributed by atoms with van der Waals surface area (Å²) in [6, 6.07) is 6.62. The van der Waals surface area contributed by atoms with Crippen LogP contribution < -0.4 is 5.32 Å². The summed E-state index contributed by atoms with van der Waals surface area (Å²) in [5.41, 5.74) is 4.55. The maximum atomic E-state index is 13.2. The highest BCUT2D eigenvalue weighted by Crippen LogP contribution is 2.31. The molecule has 2 N–H and O–H groups in total. The molecule has 1 aromatic carbocycles. The standard InChI is InChI=1S/C16H17FN2O/c1-9-7-14(10(2)18-9)16(20)19-15-6-3-11-8-12(17)4-5-13(11)15/h4-5,7-8,15,18H,3,6H2,1-2H3,(H,19,20)/t15-/m1/s1. The number of nitrogens with one attached hydrogen (secondary N) is 2. The fraction of sp³-hybridized carbons (Fsp3) is 0.312. The van der Waals surface area contributed by atoms with Gasteiger partial charge in [0.1, 0.15) is 5.82 Å². The van der Waals surface area contributed by atoms with Crippen molar-refractivity contribution >= 4 is 5.91 Å². The highest BCUT2D eigenvalue weighted by Gasteiger charge is 2.25. The van der Waals surface area contributed by atoms with Crippen LogP contribution in [-0.2, 0) is 6.42 Å². The number of carbonyl (C=O) groups excluding carboxylic acids is 1. The molecule has 0 saturated heterocycles. The summed E-state index contributed by atoms with van der Waals surface area (Å²) in [5.74, 6) is -0.290. The minimum Gasteiger partial charge on any atom is -0.362 e. The smallest absolute Gasteiger partial charge is 0.253 e. The van der Waals surface area contributed by atoms with Crippen molar-refractivity contribution in [1.82, 2.24) is 10.3 Å². The first kappa shape index (κ1) is 12.9. The summed E-state index contributed by atoms with van der Waals surface area (Å²) in [6.07, 6.45) is 1.64. The maximum Gasteiger partial charge on any atom is 0.253 e. The van der Waals surface area contributed by atoms with Gasteiger partial charge >= 0.3 is 0 Å². The number of aryl methyl sites for hydroxylation is 3. The molecule has 0 bridgehead atoms. The van der Waals surface area contributed by atoms with Gasteiger partial charge in [0.05, 0.1) is 11.6 Å². The van der Waals surface area contributed by atoms with E-state index in [9.17, 15) is 9.18 Å². The second-order valence-corrected chi connectivity index (χ2v) is 5.40. The number of rotatable bonds is 2. The fourth-order valence-electron chi connectivity index (χ4n) is 2.93. The molecule has 2 aromatic rings. The first-order valence-electron chi connectivity index (χ1n) is 6.80. The Morgan fingerprint density at radius 3 is 2.85 bits per heavy atom. The molecule has 0 fully saturated rings. The van der Waals surface area contributed by atoms with Crippen molar-refractivity contribution in [3.05, 3.63) is 58.2 Å². The lowest BCUT2D eigenvalue weighted by Gasteiger charge is -2.14. The van der Waals surface area contributed by atoms with Crippen molar-refractivity contribution in [2.24, 2.45) is 0 Å². The van der Waals surface area contributed by atoms with E-state index in [1.165, 1.54) is 6.07 Å². The van der Waals surface area contributed by atoms with Crippen LogP contribution >= 0.6 is 0 Å². The number of amides is 1. The van der Waals surface area contributed by atoms with E-state index in [4.69, 9.17) is 0 Å². The second-order valence-electron chi connectivity index (χ2n) is 5.40. The number of aromatic nitrogens is 1. The number of benzene rings is 1. The van der Waals surface area contributed by atoms with Crippen LogP contribution in [0.4, 0.5) is 4.39 Å². The van der Waals surface area contributed by atoms with Gasteiger partial charge in [-0.3, -0.25) is 4.79 Å². The topological polar surface area (TPSA) is 44.9 Å². The number of hydrogen-bond acceptors (Lipinski definition) is 1. The monoisotopic (exact) mass is 272 g/mol. The number of fused-ring (bicyclic) bond motifs is 1. The molecule has 3 nitrogen and oxygen atoms in total. The van der Waals surface area contributed by atoms with E-state index in [2.05, 4.69) is 10.3 Å². The molecule has 0 spiro atoms. The van der Waals surface area contributed by atoms with Crippen molar-refractivity contribution in [3.8, 4) is 0 Å². The van der Waals surface area contributed by atoms with Gasteiger partial charge in [0, 0.05) is 11.4 Å². The zero-order chi connectivity index (χ0) is 14.3. The summed E-state index contributed by atoms with van der Waals surface area (Å²) >= 11 is 0. The van der Waals surface area contributed by atoms with Gasteiger partial charge in [-0.1, -0.05) is 6.07 Å². The molecule has 0 saturated carbocycles. The quantitative estimate of drug-likeness (QED) is 0.866.